The average Bonchev–Trinajstić information content (AvgIpc) is 2.33. The molecule has 116 valence electrons. The van der Waals surface area contributed by atoms with Gasteiger partial charge in [-0.05, 0) is 54.1 Å². The molecule has 6 heteroatoms. The van der Waals surface area contributed by atoms with E-state index < -0.39 is 5.97 Å². The molecular weight excluding hydrogens is 258 g/mol. The van der Waals surface area contributed by atoms with Gasteiger partial charge in [0.1, 0.15) is 0 Å². The van der Waals surface area contributed by atoms with Gasteiger partial charge in [-0.25, -0.2) is 4.79 Å². The lowest BCUT2D eigenvalue weighted by Gasteiger charge is -2.23. The van der Waals surface area contributed by atoms with E-state index in [0.717, 1.165) is 38.1 Å². The number of nitrogens with zero attached hydrogens (tertiary/aromatic N) is 3. The summed E-state index contributed by atoms with van der Waals surface area (Å²) in [5.41, 5.74) is 0. The molecule has 0 atom stereocenters. The molecule has 0 heterocycles. The minimum absolute atomic E-state index is 0.232. The summed E-state index contributed by atoms with van der Waals surface area (Å²) < 4.78 is 0. The molecule has 0 aromatic carbocycles. The van der Waals surface area contributed by atoms with Crippen LogP contribution in [0.3, 0.4) is 0 Å². The summed E-state index contributed by atoms with van der Waals surface area (Å²) in [4.78, 5) is 28.3. The Labute approximate surface area is 121 Å². The van der Waals surface area contributed by atoms with Crippen LogP contribution in [0, 0.1) is 0 Å². The minimum Gasteiger partial charge on any atom is -0.478 e. The van der Waals surface area contributed by atoms with Gasteiger partial charge >= 0.3 is 5.97 Å². The number of hydrogen-bond acceptors (Lipinski definition) is 4. The second-order valence-electron chi connectivity index (χ2n) is 5.31. The van der Waals surface area contributed by atoms with Crippen molar-refractivity contribution in [2.24, 2.45) is 0 Å². The number of rotatable bonds is 10. The van der Waals surface area contributed by atoms with E-state index in [-0.39, 0.29) is 5.91 Å². The highest BCUT2D eigenvalue weighted by atomic mass is 16.4. The van der Waals surface area contributed by atoms with Crippen LogP contribution in [0.5, 0.6) is 0 Å². The fraction of sp³-hybridized carbons (Fsp3) is 0.714. The highest BCUT2D eigenvalue weighted by molar-refractivity contribution is 5.93. The zero-order chi connectivity index (χ0) is 15.5. The van der Waals surface area contributed by atoms with Gasteiger partial charge in [-0.15, -0.1) is 0 Å². The van der Waals surface area contributed by atoms with Crippen molar-refractivity contribution in [1.29, 1.82) is 0 Å². The van der Waals surface area contributed by atoms with Crippen LogP contribution in [0.25, 0.3) is 0 Å². The smallest absolute Gasteiger partial charge is 0.328 e. The van der Waals surface area contributed by atoms with Gasteiger partial charge in [-0.2, -0.15) is 0 Å². The third-order valence-electron chi connectivity index (χ3n) is 2.75. The maximum Gasteiger partial charge on any atom is 0.328 e. The third-order valence-corrected chi connectivity index (χ3v) is 2.75. The normalized spacial score (nSPS) is 11.5. The highest BCUT2D eigenvalue weighted by Crippen LogP contribution is 1.99. The van der Waals surface area contributed by atoms with Crippen molar-refractivity contribution in [1.82, 2.24) is 14.7 Å². The fourth-order valence-electron chi connectivity index (χ4n) is 1.74. The van der Waals surface area contributed by atoms with E-state index in [2.05, 4.69) is 9.80 Å². The molecule has 0 aliphatic rings. The van der Waals surface area contributed by atoms with E-state index in [4.69, 9.17) is 5.11 Å². The number of carbonyl (C=O) groups is 2. The molecule has 0 saturated heterocycles. The fourth-order valence-corrected chi connectivity index (χ4v) is 1.74. The Kier molecular flexibility index (Phi) is 9.67. The first-order valence-electron chi connectivity index (χ1n) is 6.82. The molecule has 6 nitrogen and oxygen atoms in total. The molecule has 0 unspecified atom stereocenters. The van der Waals surface area contributed by atoms with Gasteiger partial charge in [-0.3, -0.25) is 4.79 Å². The zero-order valence-corrected chi connectivity index (χ0v) is 13.0. The second kappa shape index (κ2) is 10.4. The molecule has 0 aromatic rings. The summed E-state index contributed by atoms with van der Waals surface area (Å²) in [5.74, 6) is -1.33. The average molecular weight is 285 g/mol. The molecule has 0 rings (SSSR count). The van der Waals surface area contributed by atoms with E-state index in [9.17, 15) is 9.59 Å². The predicted octanol–water partition coefficient (Wildman–Crippen LogP) is 0.359. The summed E-state index contributed by atoms with van der Waals surface area (Å²) in [6.07, 6.45) is 3.78. The molecule has 0 radical (unpaired) electrons. The molecule has 0 fully saturated rings. The van der Waals surface area contributed by atoms with Crippen molar-refractivity contribution in [2.45, 2.75) is 12.8 Å². The van der Waals surface area contributed by atoms with Crippen molar-refractivity contribution >= 4 is 11.9 Å². The summed E-state index contributed by atoms with van der Waals surface area (Å²) in [5, 5.41) is 8.57. The molecule has 0 aliphatic carbocycles. The highest BCUT2D eigenvalue weighted by Gasteiger charge is 2.10. The number of amides is 1. The van der Waals surface area contributed by atoms with Crippen LogP contribution in [-0.2, 0) is 9.59 Å². The van der Waals surface area contributed by atoms with Gasteiger partial charge < -0.3 is 19.8 Å². The van der Waals surface area contributed by atoms with E-state index in [1.807, 2.05) is 28.2 Å². The van der Waals surface area contributed by atoms with Gasteiger partial charge in [0.2, 0.25) is 5.91 Å². The van der Waals surface area contributed by atoms with Crippen molar-refractivity contribution < 1.29 is 14.7 Å². The molecular formula is C14H27N3O3. The molecule has 0 saturated carbocycles. The molecule has 0 aromatic heterocycles. The van der Waals surface area contributed by atoms with Crippen LogP contribution in [0.1, 0.15) is 12.8 Å². The molecule has 1 N–H and O–H groups in total. The molecule has 0 bridgehead atoms. The first kappa shape index (κ1) is 18.6. The standard InChI is InChI=1S/C14H27N3O3/c1-15(2)9-5-11-17(12-6-10-16(3)4)13(18)7-8-14(19)20/h7-8H,5-6,9-12H2,1-4H3,(H,19,20)/b8-7+. The monoisotopic (exact) mass is 285 g/mol. The van der Waals surface area contributed by atoms with E-state index in [1.54, 1.807) is 4.90 Å². The van der Waals surface area contributed by atoms with E-state index in [0.29, 0.717) is 13.1 Å². The van der Waals surface area contributed by atoms with Crippen LogP contribution in [0.2, 0.25) is 0 Å². The summed E-state index contributed by atoms with van der Waals surface area (Å²) in [7, 11) is 7.95. The first-order valence-corrected chi connectivity index (χ1v) is 6.82. The number of carbonyl (C=O) groups excluding carboxylic acids is 1. The Morgan fingerprint density at radius 1 is 0.850 bits per heavy atom. The van der Waals surface area contributed by atoms with Gasteiger partial charge in [0.15, 0.2) is 0 Å². The maximum absolute atomic E-state index is 11.9. The first-order chi connectivity index (χ1) is 9.32. The third kappa shape index (κ3) is 10.5. The van der Waals surface area contributed by atoms with Crippen LogP contribution in [0.4, 0.5) is 0 Å². The molecule has 0 spiro atoms. The van der Waals surface area contributed by atoms with Crippen LogP contribution >= 0.6 is 0 Å². The number of carboxylic acid groups (broad SMARTS) is 1. The number of aliphatic carboxylic acids is 1. The lowest BCUT2D eigenvalue weighted by Crippen LogP contribution is -2.34. The Bertz CT molecular complexity index is 314. The largest absolute Gasteiger partial charge is 0.478 e. The van der Waals surface area contributed by atoms with Crippen LogP contribution in [0.15, 0.2) is 12.2 Å². The van der Waals surface area contributed by atoms with Crippen LogP contribution < -0.4 is 0 Å². The number of hydrogen-bond donors (Lipinski definition) is 1. The van der Waals surface area contributed by atoms with Gasteiger partial charge in [-0.1, -0.05) is 0 Å². The van der Waals surface area contributed by atoms with E-state index in [1.165, 1.54) is 0 Å². The van der Waals surface area contributed by atoms with Crippen molar-refractivity contribution in [3.63, 3.8) is 0 Å². The maximum atomic E-state index is 11.9. The molecule has 1 amide bonds. The SMILES string of the molecule is CN(C)CCCN(CCCN(C)C)C(=O)/C=C/C(=O)O. The van der Waals surface area contributed by atoms with Gasteiger partial charge in [0.25, 0.3) is 0 Å². The topological polar surface area (TPSA) is 64.1 Å². The van der Waals surface area contributed by atoms with Crippen molar-refractivity contribution in [2.75, 3.05) is 54.4 Å². The molecule has 20 heavy (non-hydrogen) atoms. The Morgan fingerprint density at radius 3 is 1.65 bits per heavy atom. The lowest BCUT2D eigenvalue weighted by molar-refractivity contribution is -0.132. The minimum atomic E-state index is -1.10. The Hall–Kier alpha value is -1.40. The van der Waals surface area contributed by atoms with Gasteiger partial charge in [0, 0.05) is 25.2 Å². The van der Waals surface area contributed by atoms with Crippen LogP contribution in [-0.4, -0.2) is 86.1 Å². The Balaban J connectivity index is 4.36. The summed E-state index contributed by atoms with van der Waals surface area (Å²) in [6.45, 7) is 3.10. The lowest BCUT2D eigenvalue weighted by atomic mass is 10.3. The van der Waals surface area contributed by atoms with E-state index >= 15 is 0 Å². The predicted molar refractivity (Wildman–Crippen MR) is 79.7 cm³/mol. The number of carboxylic acids is 1. The summed E-state index contributed by atoms with van der Waals surface area (Å²) >= 11 is 0. The zero-order valence-electron chi connectivity index (χ0n) is 13.0. The van der Waals surface area contributed by atoms with Crippen molar-refractivity contribution in [3.8, 4) is 0 Å². The quantitative estimate of drug-likeness (QED) is 0.587. The molecule has 0 aliphatic heterocycles. The summed E-state index contributed by atoms with van der Waals surface area (Å²) in [6, 6.07) is 0. The Morgan fingerprint density at radius 2 is 1.30 bits per heavy atom. The second-order valence-corrected chi connectivity index (χ2v) is 5.31. The van der Waals surface area contributed by atoms with Crippen molar-refractivity contribution in [3.05, 3.63) is 12.2 Å². The van der Waals surface area contributed by atoms with Gasteiger partial charge in [0.05, 0.1) is 0 Å².